The lowest BCUT2D eigenvalue weighted by atomic mass is 10.4. The third-order valence-corrected chi connectivity index (χ3v) is 1.14. The molecule has 12 heavy (non-hydrogen) atoms. The fraction of sp³-hybridized carbons (Fsp3) is 0.714. The standard InChI is InChI=1S/C7H13NO4/c1-3-4-12-7(11)8-5(2)6(9)10/h5H,3-4H2,1-2H3,(H,8,11)(H,9,10)/t5-/m0/s1. The smallest absolute Gasteiger partial charge is 0.407 e. The summed E-state index contributed by atoms with van der Waals surface area (Å²) >= 11 is 0. The highest BCUT2D eigenvalue weighted by Gasteiger charge is 2.13. The molecule has 0 aliphatic rings. The van der Waals surface area contributed by atoms with Crippen LogP contribution in [0.25, 0.3) is 0 Å². The molecule has 0 saturated carbocycles. The zero-order valence-corrected chi connectivity index (χ0v) is 7.16. The van der Waals surface area contributed by atoms with Crippen LogP contribution in [0.1, 0.15) is 20.3 Å². The molecule has 2 N–H and O–H groups in total. The van der Waals surface area contributed by atoms with E-state index in [9.17, 15) is 9.59 Å². The number of carbonyl (C=O) groups is 2. The van der Waals surface area contributed by atoms with Crippen LogP contribution in [0.15, 0.2) is 0 Å². The molecule has 0 aliphatic carbocycles. The molecule has 0 aromatic rings. The molecule has 1 atom stereocenters. The van der Waals surface area contributed by atoms with Crippen molar-refractivity contribution >= 4 is 12.1 Å². The summed E-state index contributed by atoms with van der Waals surface area (Å²) in [5, 5.41) is 10.5. The van der Waals surface area contributed by atoms with Crippen LogP contribution in [0.2, 0.25) is 0 Å². The summed E-state index contributed by atoms with van der Waals surface area (Å²) in [5.74, 6) is -1.08. The number of hydrogen-bond donors (Lipinski definition) is 2. The lowest BCUT2D eigenvalue weighted by molar-refractivity contribution is -0.138. The summed E-state index contributed by atoms with van der Waals surface area (Å²) in [4.78, 5) is 21.0. The van der Waals surface area contributed by atoms with E-state index in [0.717, 1.165) is 6.42 Å². The largest absolute Gasteiger partial charge is 0.480 e. The van der Waals surface area contributed by atoms with E-state index in [2.05, 4.69) is 10.1 Å². The van der Waals surface area contributed by atoms with Gasteiger partial charge in [0, 0.05) is 0 Å². The van der Waals surface area contributed by atoms with Crippen molar-refractivity contribution in [1.82, 2.24) is 5.32 Å². The number of rotatable bonds is 4. The average Bonchev–Trinajstić information content (AvgIpc) is 2.00. The van der Waals surface area contributed by atoms with Crippen molar-refractivity contribution in [3.05, 3.63) is 0 Å². The van der Waals surface area contributed by atoms with Crippen LogP contribution in [-0.4, -0.2) is 29.8 Å². The van der Waals surface area contributed by atoms with Gasteiger partial charge < -0.3 is 15.2 Å². The third kappa shape index (κ3) is 4.54. The number of carbonyl (C=O) groups excluding carboxylic acids is 1. The van der Waals surface area contributed by atoms with Crippen molar-refractivity contribution in [2.75, 3.05) is 6.61 Å². The maximum Gasteiger partial charge on any atom is 0.407 e. The van der Waals surface area contributed by atoms with Gasteiger partial charge in [-0.25, -0.2) is 4.79 Å². The molecular formula is C7H13NO4. The lowest BCUT2D eigenvalue weighted by Gasteiger charge is -2.08. The van der Waals surface area contributed by atoms with Gasteiger partial charge in [0.15, 0.2) is 0 Å². The number of aliphatic carboxylic acids is 1. The molecule has 0 aromatic heterocycles. The van der Waals surface area contributed by atoms with Crippen LogP contribution in [-0.2, 0) is 9.53 Å². The summed E-state index contributed by atoms with van der Waals surface area (Å²) in [7, 11) is 0. The van der Waals surface area contributed by atoms with Gasteiger partial charge in [0.2, 0.25) is 0 Å². The van der Waals surface area contributed by atoms with Gasteiger partial charge in [-0.15, -0.1) is 0 Å². The number of carboxylic acid groups (broad SMARTS) is 1. The SMILES string of the molecule is CCCOC(=O)N[C@@H](C)C(=O)O. The Balaban J connectivity index is 3.61. The third-order valence-electron chi connectivity index (χ3n) is 1.14. The Kier molecular flexibility index (Phi) is 4.83. The number of alkyl carbamates (subject to hydrolysis) is 1. The van der Waals surface area contributed by atoms with Gasteiger partial charge in [0.05, 0.1) is 6.61 Å². The van der Waals surface area contributed by atoms with E-state index in [1.807, 2.05) is 6.92 Å². The van der Waals surface area contributed by atoms with E-state index in [1.165, 1.54) is 6.92 Å². The zero-order valence-electron chi connectivity index (χ0n) is 7.16. The average molecular weight is 175 g/mol. The predicted octanol–water partition coefficient (Wildman–Crippen LogP) is 0.596. The van der Waals surface area contributed by atoms with Gasteiger partial charge in [0.1, 0.15) is 6.04 Å². The molecular weight excluding hydrogens is 162 g/mol. The van der Waals surface area contributed by atoms with Crippen LogP contribution in [0, 0.1) is 0 Å². The summed E-state index contributed by atoms with van der Waals surface area (Å²) in [6.07, 6.45) is 0.0289. The van der Waals surface area contributed by atoms with Gasteiger partial charge in [-0.1, -0.05) is 6.92 Å². The molecule has 0 fully saturated rings. The second kappa shape index (κ2) is 5.40. The molecule has 0 rings (SSSR count). The van der Waals surface area contributed by atoms with Crippen molar-refractivity contribution in [2.45, 2.75) is 26.3 Å². The molecule has 0 saturated heterocycles. The van der Waals surface area contributed by atoms with Crippen molar-refractivity contribution in [3.63, 3.8) is 0 Å². The van der Waals surface area contributed by atoms with E-state index in [-0.39, 0.29) is 0 Å². The molecule has 0 aliphatic heterocycles. The normalized spacial score (nSPS) is 11.8. The van der Waals surface area contributed by atoms with E-state index in [4.69, 9.17) is 5.11 Å². The minimum absolute atomic E-state index is 0.304. The van der Waals surface area contributed by atoms with E-state index < -0.39 is 18.1 Å². The monoisotopic (exact) mass is 175 g/mol. The number of nitrogens with one attached hydrogen (secondary N) is 1. The zero-order chi connectivity index (χ0) is 9.56. The minimum atomic E-state index is -1.08. The Morgan fingerprint density at radius 1 is 1.58 bits per heavy atom. The number of amides is 1. The first kappa shape index (κ1) is 10.7. The number of hydrogen-bond acceptors (Lipinski definition) is 3. The van der Waals surface area contributed by atoms with Crippen LogP contribution in [0.4, 0.5) is 4.79 Å². The quantitative estimate of drug-likeness (QED) is 0.655. The maximum atomic E-state index is 10.7. The van der Waals surface area contributed by atoms with Crippen molar-refractivity contribution in [3.8, 4) is 0 Å². The van der Waals surface area contributed by atoms with Gasteiger partial charge in [-0.05, 0) is 13.3 Å². The summed E-state index contributed by atoms with van der Waals surface area (Å²) in [5.41, 5.74) is 0. The van der Waals surface area contributed by atoms with Crippen LogP contribution < -0.4 is 5.32 Å². The van der Waals surface area contributed by atoms with Crippen LogP contribution >= 0.6 is 0 Å². The lowest BCUT2D eigenvalue weighted by Crippen LogP contribution is -2.38. The highest BCUT2D eigenvalue weighted by molar-refractivity contribution is 5.79. The molecule has 0 bridgehead atoms. The predicted molar refractivity (Wildman–Crippen MR) is 41.9 cm³/mol. The van der Waals surface area contributed by atoms with Crippen molar-refractivity contribution in [1.29, 1.82) is 0 Å². The molecule has 70 valence electrons. The van der Waals surface area contributed by atoms with E-state index >= 15 is 0 Å². The fourth-order valence-electron chi connectivity index (χ4n) is 0.475. The first-order chi connectivity index (χ1) is 5.57. The minimum Gasteiger partial charge on any atom is -0.480 e. The second-order valence-corrected chi connectivity index (χ2v) is 2.34. The Morgan fingerprint density at radius 2 is 2.17 bits per heavy atom. The van der Waals surface area contributed by atoms with Gasteiger partial charge in [-0.2, -0.15) is 0 Å². The first-order valence-electron chi connectivity index (χ1n) is 3.74. The van der Waals surface area contributed by atoms with Gasteiger partial charge in [-0.3, -0.25) is 4.79 Å². The van der Waals surface area contributed by atoms with E-state index in [1.54, 1.807) is 0 Å². The number of carboxylic acids is 1. The molecule has 0 unspecified atom stereocenters. The molecule has 0 spiro atoms. The molecule has 5 nitrogen and oxygen atoms in total. The number of ether oxygens (including phenoxy) is 1. The first-order valence-corrected chi connectivity index (χ1v) is 3.74. The van der Waals surface area contributed by atoms with Crippen LogP contribution in [0.5, 0.6) is 0 Å². The molecule has 1 amide bonds. The Labute approximate surface area is 70.7 Å². The Bertz CT molecular complexity index is 169. The fourth-order valence-corrected chi connectivity index (χ4v) is 0.475. The summed E-state index contributed by atoms with van der Waals surface area (Å²) < 4.78 is 4.60. The molecule has 0 aromatic carbocycles. The van der Waals surface area contributed by atoms with Gasteiger partial charge in [0.25, 0.3) is 0 Å². The summed E-state index contributed by atoms with van der Waals surface area (Å²) in [6, 6.07) is -0.908. The van der Waals surface area contributed by atoms with E-state index in [0.29, 0.717) is 6.61 Å². The Hall–Kier alpha value is -1.26. The molecule has 0 radical (unpaired) electrons. The molecule has 5 heteroatoms. The Morgan fingerprint density at radius 3 is 2.58 bits per heavy atom. The maximum absolute atomic E-state index is 10.7. The van der Waals surface area contributed by atoms with Crippen LogP contribution in [0.3, 0.4) is 0 Å². The molecule has 0 heterocycles. The highest BCUT2D eigenvalue weighted by atomic mass is 16.5. The topological polar surface area (TPSA) is 75.6 Å². The second-order valence-electron chi connectivity index (χ2n) is 2.34. The van der Waals surface area contributed by atoms with Crippen molar-refractivity contribution in [2.24, 2.45) is 0 Å². The van der Waals surface area contributed by atoms with Crippen molar-refractivity contribution < 1.29 is 19.4 Å². The highest BCUT2D eigenvalue weighted by Crippen LogP contribution is 1.86. The summed E-state index contributed by atoms with van der Waals surface area (Å²) in [6.45, 7) is 3.53. The van der Waals surface area contributed by atoms with Gasteiger partial charge >= 0.3 is 12.1 Å².